The molecule has 0 fully saturated rings. The van der Waals surface area contributed by atoms with Crippen molar-refractivity contribution < 1.29 is 30.7 Å². The molecule has 0 radical (unpaired) electrons. The molecule has 0 unspecified atom stereocenters. The fraction of sp³-hybridized carbons (Fsp3) is 0.400. The molecular formula is C30H29F7. The van der Waals surface area contributed by atoms with Gasteiger partial charge in [-0.15, -0.1) is 0 Å². The summed E-state index contributed by atoms with van der Waals surface area (Å²) in [5.74, 6) is -13.2. The molecule has 0 N–H and O–H groups in total. The van der Waals surface area contributed by atoms with Crippen LogP contribution in [-0.4, -0.2) is 0 Å². The minimum Gasteiger partial charge on any atom is -0.207 e. The lowest BCUT2D eigenvalue weighted by Gasteiger charge is -2.36. The van der Waals surface area contributed by atoms with Crippen LogP contribution < -0.4 is 0 Å². The first-order valence-electron chi connectivity index (χ1n) is 12.7. The van der Waals surface area contributed by atoms with Gasteiger partial charge in [0.1, 0.15) is 17.5 Å². The first-order valence-corrected chi connectivity index (χ1v) is 12.7. The Labute approximate surface area is 212 Å². The van der Waals surface area contributed by atoms with Crippen molar-refractivity contribution in [1.82, 2.24) is 0 Å². The molecule has 0 saturated heterocycles. The number of hydrogen-bond acceptors (Lipinski definition) is 0. The van der Waals surface area contributed by atoms with Crippen LogP contribution in [0, 0.1) is 17.5 Å². The van der Waals surface area contributed by atoms with E-state index in [0.29, 0.717) is 6.42 Å². The Bertz CT molecular complexity index is 1290. The number of unbranched alkanes of at least 4 members (excludes halogenated alkanes) is 2. The molecule has 0 aromatic heterocycles. The van der Waals surface area contributed by atoms with Gasteiger partial charge in [-0.2, -0.15) is 17.6 Å². The maximum absolute atomic E-state index is 15.4. The first-order chi connectivity index (χ1) is 17.5. The van der Waals surface area contributed by atoms with Crippen LogP contribution >= 0.6 is 0 Å². The number of aryl methyl sites for hydroxylation is 4. The molecule has 0 bridgehead atoms. The Morgan fingerprint density at radius 2 is 1.08 bits per heavy atom. The molecule has 0 saturated carbocycles. The molecule has 1 aliphatic rings. The molecular weight excluding hydrogens is 493 g/mol. The predicted molar refractivity (Wildman–Crippen MR) is 131 cm³/mol. The Morgan fingerprint density at radius 3 is 1.59 bits per heavy atom. The maximum Gasteiger partial charge on any atom is 0.343 e. The summed E-state index contributed by atoms with van der Waals surface area (Å²) < 4.78 is 106. The van der Waals surface area contributed by atoms with E-state index in [2.05, 4.69) is 6.92 Å². The maximum atomic E-state index is 15.4. The molecule has 37 heavy (non-hydrogen) atoms. The van der Waals surface area contributed by atoms with E-state index in [1.54, 1.807) is 19.1 Å². The first kappa shape index (κ1) is 27.2. The van der Waals surface area contributed by atoms with Crippen molar-refractivity contribution in [2.24, 2.45) is 0 Å². The summed E-state index contributed by atoms with van der Waals surface area (Å²) in [5, 5.41) is 0. The van der Waals surface area contributed by atoms with Gasteiger partial charge in [0.15, 0.2) is 0 Å². The van der Waals surface area contributed by atoms with Gasteiger partial charge < -0.3 is 0 Å². The van der Waals surface area contributed by atoms with Crippen molar-refractivity contribution in [3.63, 3.8) is 0 Å². The van der Waals surface area contributed by atoms with Crippen LogP contribution in [0.1, 0.15) is 72.9 Å². The normalized spacial score (nSPS) is 15.4. The van der Waals surface area contributed by atoms with E-state index < -0.39 is 51.6 Å². The second kappa shape index (κ2) is 10.5. The number of benzene rings is 3. The average molecular weight is 523 g/mol. The van der Waals surface area contributed by atoms with E-state index in [0.717, 1.165) is 43.4 Å². The highest BCUT2D eigenvalue weighted by Gasteiger charge is 2.65. The molecule has 0 aliphatic heterocycles. The molecule has 3 aromatic carbocycles. The number of hydrogen-bond donors (Lipinski definition) is 0. The summed E-state index contributed by atoms with van der Waals surface area (Å²) in [6.45, 7) is 3.78. The van der Waals surface area contributed by atoms with Crippen LogP contribution in [0.3, 0.4) is 0 Å². The highest BCUT2D eigenvalue weighted by Crippen LogP contribution is 2.59. The standard InChI is InChI=1S/C30H29F7/c1-3-5-6-8-18-9-10-19(24(31)17-18)11-12-21-14-16-23-22-15-13-20(7-4-2)27(32)25(22)29(34,35)30(36,37)26(23)28(21)33/h9-10,13-17H,3-8,11-12H2,1-2H3. The lowest BCUT2D eigenvalue weighted by molar-refractivity contribution is -0.227. The summed E-state index contributed by atoms with van der Waals surface area (Å²) >= 11 is 0. The summed E-state index contributed by atoms with van der Waals surface area (Å²) in [6, 6.07) is 9.58. The van der Waals surface area contributed by atoms with Gasteiger partial charge in [0.05, 0.1) is 11.1 Å². The third-order valence-electron chi connectivity index (χ3n) is 7.13. The summed E-state index contributed by atoms with van der Waals surface area (Å²) in [6.07, 6.45) is 4.12. The lowest BCUT2D eigenvalue weighted by Crippen LogP contribution is -2.41. The SMILES string of the molecule is CCCCCc1ccc(CCc2ccc3c(c2F)C(F)(F)C(F)(F)c2c-3ccc(CCC)c2F)c(F)c1. The van der Waals surface area contributed by atoms with E-state index in [9.17, 15) is 8.78 Å². The molecule has 7 heteroatoms. The van der Waals surface area contributed by atoms with Gasteiger partial charge in [-0.3, -0.25) is 0 Å². The van der Waals surface area contributed by atoms with E-state index in [1.807, 2.05) is 0 Å². The Morgan fingerprint density at radius 1 is 0.568 bits per heavy atom. The van der Waals surface area contributed by atoms with E-state index >= 15 is 22.0 Å². The quantitative estimate of drug-likeness (QED) is 0.194. The Balaban J connectivity index is 1.68. The van der Waals surface area contributed by atoms with Crippen molar-refractivity contribution in [3.05, 3.63) is 93.3 Å². The topological polar surface area (TPSA) is 0 Å². The molecule has 0 atom stereocenters. The molecule has 0 amide bonds. The summed E-state index contributed by atoms with van der Waals surface area (Å²) in [7, 11) is 0. The molecule has 0 heterocycles. The van der Waals surface area contributed by atoms with E-state index in [-0.39, 0.29) is 36.0 Å². The molecule has 0 nitrogen and oxygen atoms in total. The van der Waals surface area contributed by atoms with Gasteiger partial charge in [-0.25, -0.2) is 13.2 Å². The lowest BCUT2D eigenvalue weighted by atomic mass is 9.78. The van der Waals surface area contributed by atoms with Crippen molar-refractivity contribution in [1.29, 1.82) is 0 Å². The van der Waals surface area contributed by atoms with Crippen LogP contribution in [0.15, 0.2) is 42.5 Å². The van der Waals surface area contributed by atoms with Crippen LogP contribution in [0.5, 0.6) is 0 Å². The van der Waals surface area contributed by atoms with Crippen molar-refractivity contribution in [2.75, 3.05) is 0 Å². The zero-order chi connectivity index (χ0) is 27.0. The smallest absolute Gasteiger partial charge is 0.207 e. The second-order valence-electron chi connectivity index (χ2n) is 9.70. The minimum atomic E-state index is -4.97. The fourth-order valence-corrected chi connectivity index (χ4v) is 5.07. The number of halogens is 7. The molecule has 3 aromatic rings. The third kappa shape index (κ3) is 4.77. The van der Waals surface area contributed by atoms with Gasteiger partial charge in [-0.05, 0) is 71.6 Å². The van der Waals surface area contributed by atoms with Crippen LogP contribution in [-0.2, 0) is 37.5 Å². The van der Waals surface area contributed by atoms with Crippen molar-refractivity contribution in [2.45, 2.75) is 77.1 Å². The van der Waals surface area contributed by atoms with Crippen molar-refractivity contribution >= 4 is 0 Å². The largest absolute Gasteiger partial charge is 0.343 e. The Hall–Kier alpha value is -2.83. The molecule has 1 aliphatic carbocycles. The molecule has 0 spiro atoms. The monoisotopic (exact) mass is 522 g/mol. The van der Waals surface area contributed by atoms with Crippen LogP contribution in [0.2, 0.25) is 0 Å². The number of alkyl halides is 4. The predicted octanol–water partition coefficient (Wildman–Crippen LogP) is 9.44. The fourth-order valence-electron chi connectivity index (χ4n) is 5.07. The third-order valence-corrected chi connectivity index (χ3v) is 7.13. The van der Waals surface area contributed by atoms with Crippen molar-refractivity contribution in [3.8, 4) is 11.1 Å². The van der Waals surface area contributed by atoms with Gasteiger partial charge in [0.25, 0.3) is 0 Å². The highest BCUT2D eigenvalue weighted by atomic mass is 19.3. The highest BCUT2D eigenvalue weighted by molar-refractivity contribution is 5.77. The molecule has 4 rings (SSSR count). The van der Waals surface area contributed by atoms with Crippen LogP contribution in [0.4, 0.5) is 30.7 Å². The van der Waals surface area contributed by atoms with Gasteiger partial charge in [0.2, 0.25) is 0 Å². The van der Waals surface area contributed by atoms with Gasteiger partial charge >= 0.3 is 11.8 Å². The molecule has 198 valence electrons. The summed E-state index contributed by atoms with van der Waals surface area (Å²) in [4.78, 5) is 0. The van der Waals surface area contributed by atoms with E-state index in [4.69, 9.17) is 0 Å². The van der Waals surface area contributed by atoms with Gasteiger partial charge in [-0.1, -0.05) is 69.5 Å². The van der Waals surface area contributed by atoms with Crippen LogP contribution in [0.25, 0.3) is 11.1 Å². The number of rotatable bonds is 9. The zero-order valence-electron chi connectivity index (χ0n) is 20.8. The average Bonchev–Trinajstić information content (AvgIpc) is 2.84. The Kier molecular flexibility index (Phi) is 7.72. The van der Waals surface area contributed by atoms with E-state index in [1.165, 1.54) is 18.2 Å². The number of fused-ring (bicyclic) bond motifs is 3. The second-order valence-corrected chi connectivity index (χ2v) is 9.70. The summed E-state index contributed by atoms with van der Waals surface area (Å²) in [5.41, 5.74) is -2.95. The van der Waals surface area contributed by atoms with Gasteiger partial charge in [0, 0.05) is 0 Å². The zero-order valence-corrected chi connectivity index (χ0v) is 20.8. The minimum absolute atomic E-state index is 0.00430.